The highest BCUT2D eigenvalue weighted by atomic mass is 35.5. The lowest BCUT2D eigenvalue weighted by molar-refractivity contribution is 0.260. The second-order valence-corrected chi connectivity index (χ2v) is 0.761. The van der Waals surface area contributed by atoms with Crippen LogP contribution in [0.3, 0.4) is 0 Å². The average molecular weight is 94.5 g/mol. The number of hydrazine groups is 1. The molecule has 0 unspecified atom stereocenters. The summed E-state index contributed by atoms with van der Waals surface area (Å²) < 4.78 is 0. The third-order valence-corrected chi connectivity index (χ3v) is 0.223. The van der Waals surface area contributed by atoms with Gasteiger partial charge in [-0.1, -0.05) is 0 Å². The standard InChI is InChI=1S/CH3ClN2O/c2-1(5)4-3/h3H2,(H,4,5). The van der Waals surface area contributed by atoms with Gasteiger partial charge in [0.2, 0.25) is 0 Å². The molecule has 1 amide bonds. The third-order valence-electron chi connectivity index (χ3n) is 0.113. The zero-order valence-corrected chi connectivity index (χ0v) is 3.12. The van der Waals surface area contributed by atoms with E-state index in [1.807, 2.05) is 0 Å². The molecule has 0 atom stereocenters. The third kappa shape index (κ3) is 3.72. The van der Waals surface area contributed by atoms with E-state index in [1.54, 1.807) is 5.43 Å². The molecule has 0 saturated heterocycles. The molecule has 0 aliphatic carbocycles. The number of nitrogens with one attached hydrogen (secondary N) is 1. The van der Waals surface area contributed by atoms with E-state index < -0.39 is 5.37 Å². The first-order valence-electron chi connectivity index (χ1n) is 0.932. The van der Waals surface area contributed by atoms with Gasteiger partial charge in [-0.15, -0.1) is 0 Å². The largest absolute Gasteiger partial charge is 0.327 e. The second-order valence-electron chi connectivity index (χ2n) is 0.418. The van der Waals surface area contributed by atoms with E-state index in [9.17, 15) is 4.79 Å². The monoisotopic (exact) mass is 94.0 g/mol. The zero-order valence-electron chi connectivity index (χ0n) is 2.36. The van der Waals surface area contributed by atoms with Crippen LogP contribution in [0.25, 0.3) is 0 Å². The predicted octanol–water partition coefficient (Wildman–Crippen LogP) is -0.191. The minimum absolute atomic E-state index is 0.745. The summed E-state index contributed by atoms with van der Waals surface area (Å²) in [4.78, 5) is 9.34. The number of amides is 1. The van der Waals surface area contributed by atoms with Crippen LogP contribution in [0, 0.1) is 0 Å². The Bertz CT molecular complexity index is 44.9. The topological polar surface area (TPSA) is 55.1 Å². The lowest BCUT2D eigenvalue weighted by Gasteiger charge is -1.77. The van der Waals surface area contributed by atoms with Crippen LogP contribution in [-0.2, 0) is 0 Å². The van der Waals surface area contributed by atoms with E-state index in [-0.39, 0.29) is 0 Å². The summed E-state index contributed by atoms with van der Waals surface area (Å²) in [6.07, 6.45) is 0. The van der Waals surface area contributed by atoms with Crippen LogP contribution in [0.4, 0.5) is 4.79 Å². The van der Waals surface area contributed by atoms with E-state index in [0.717, 1.165) is 0 Å². The molecule has 0 radical (unpaired) electrons. The van der Waals surface area contributed by atoms with Crippen molar-refractivity contribution in [2.75, 3.05) is 0 Å². The Morgan fingerprint density at radius 2 is 2.20 bits per heavy atom. The molecule has 0 fully saturated rings. The van der Waals surface area contributed by atoms with Gasteiger partial charge in [0.1, 0.15) is 0 Å². The van der Waals surface area contributed by atoms with Crippen LogP contribution in [-0.4, -0.2) is 5.37 Å². The van der Waals surface area contributed by atoms with E-state index in [4.69, 9.17) is 0 Å². The van der Waals surface area contributed by atoms with Crippen LogP contribution in [0.1, 0.15) is 0 Å². The number of nitrogens with two attached hydrogens (primary N) is 1. The van der Waals surface area contributed by atoms with Gasteiger partial charge in [0.15, 0.2) is 0 Å². The summed E-state index contributed by atoms with van der Waals surface area (Å²) in [5, 5.41) is -0.745. The number of hydrogen-bond donors (Lipinski definition) is 2. The average Bonchev–Trinajstić information content (AvgIpc) is 1.38. The van der Waals surface area contributed by atoms with E-state index in [2.05, 4.69) is 17.4 Å². The maximum absolute atomic E-state index is 9.34. The first-order valence-corrected chi connectivity index (χ1v) is 1.31. The second kappa shape index (κ2) is 1.99. The fourth-order valence-electron chi connectivity index (χ4n) is 0. The molecule has 0 spiro atoms. The first-order chi connectivity index (χ1) is 2.27. The SMILES string of the molecule is NNC(=O)Cl. The Labute approximate surface area is 34.1 Å². The zero-order chi connectivity index (χ0) is 4.28. The minimum atomic E-state index is -0.745. The molecule has 0 aromatic rings. The number of halogens is 1. The van der Waals surface area contributed by atoms with Gasteiger partial charge < -0.3 is 0 Å². The van der Waals surface area contributed by atoms with Gasteiger partial charge in [-0.2, -0.15) is 0 Å². The van der Waals surface area contributed by atoms with Crippen molar-refractivity contribution in [1.82, 2.24) is 5.43 Å². The molecular weight excluding hydrogens is 91.5 g/mol. The van der Waals surface area contributed by atoms with Gasteiger partial charge in [-0.25, -0.2) is 5.84 Å². The maximum Gasteiger partial charge on any atom is 0.327 e. The Morgan fingerprint density at radius 1 is 2.00 bits per heavy atom. The first kappa shape index (κ1) is 4.72. The number of rotatable bonds is 0. The molecule has 0 aliphatic rings. The fraction of sp³-hybridized carbons (Fsp3) is 0. The molecule has 3 N–H and O–H groups in total. The van der Waals surface area contributed by atoms with Crippen LogP contribution in [0.15, 0.2) is 0 Å². The molecule has 0 aromatic heterocycles. The lowest BCUT2D eigenvalue weighted by atomic mass is 11.4. The Hall–Kier alpha value is -0.280. The van der Waals surface area contributed by atoms with Crippen LogP contribution in [0.5, 0.6) is 0 Å². The van der Waals surface area contributed by atoms with Crippen molar-refractivity contribution in [3.05, 3.63) is 0 Å². The van der Waals surface area contributed by atoms with Crippen molar-refractivity contribution in [3.63, 3.8) is 0 Å². The molecule has 5 heavy (non-hydrogen) atoms. The van der Waals surface area contributed by atoms with Gasteiger partial charge in [0.25, 0.3) is 0 Å². The normalized spacial score (nSPS) is 6.80. The van der Waals surface area contributed by atoms with E-state index >= 15 is 0 Å². The molecule has 0 aromatic carbocycles. The van der Waals surface area contributed by atoms with Crippen LogP contribution >= 0.6 is 11.6 Å². The molecule has 0 aliphatic heterocycles. The molecule has 0 bridgehead atoms. The quantitative estimate of drug-likeness (QED) is 0.144. The molecular formula is CH3ClN2O. The smallest absolute Gasteiger partial charge is 0.281 e. The van der Waals surface area contributed by atoms with Gasteiger partial charge in [-0.05, 0) is 11.6 Å². The summed E-state index contributed by atoms with van der Waals surface area (Å²) in [6.45, 7) is 0. The molecule has 0 saturated carbocycles. The summed E-state index contributed by atoms with van der Waals surface area (Å²) >= 11 is 4.59. The Balaban J connectivity index is 2.85. The highest BCUT2D eigenvalue weighted by molar-refractivity contribution is 6.62. The predicted molar refractivity (Wildman–Crippen MR) is 18.6 cm³/mol. The van der Waals surface area contributed by atoms with Gasteiger partial charge in [-0.3, -0.25) is 10.2 Å². The molecule has 0 heterocycles. The molecule has 3 nitrogen and oxygen atoms in total. The maximum atomic E-state index is 9.34. The van der Waals surface area contributed by atoms with Gasteiger partial charge in [0, 0.05) is 0 Å². The van der Waals surface area contributed by atoms with Crippen molar-refractivity contribution < 1.29 is 4.79 Å². The molecule has 0 rings (SSSR count). The number of carbonyl (C=O) groups is 1. The van der Waals surface area contributed by atoms with Gasteiger partial charge in [0.05, 0.1) is 0 Å². The summed E-state index contributed by atoms with van der Waals surface area (Å²) in [5.41, 5.74) is 1.65. The van der Waals surface area contributed by atoms with Crippen molar-refractivity contribution in [3.8, 4) is 0 Å². The molecule has 30 valence electrons. The summed E-state index contributed by atoms with van der Waals surface area (Å²) in [7, 11) is 0. The van der Waals surface area contributed by atoms with E-state index in [1.165, 1.54) is 0 Å². The highest BCUT2D eigenvalue weighted by Crippen LogP contribution is 1.67. The highest BCUT2D eigenvalue weighted by Gasteiger charge is 1.77. The lowest BCUT2D eigenvalue weighted by Crippen LogP contribution is -2.23. The molecule has 4 heteroatoms. The van der Waals surface area contributed by atoms with Crippen LogP contribution in [0.2, 0.25) is 0 Å². The van der Waals surface area contributed by atoms with E-state index in [0.29, 0.717) is 0 Å². The van der Waals surface area contributed by atoms with Crippen molar-refractivity contribution in [1.29, 1.82) is 0 Å². The van der Waals surface area contributed by atoms with Crippen molar-refractivity contribution in [2.24, 2.45) is 5.84 Å². The Kier molecular flexibility index (Phi) is 1.88. The summed E-state index contributed by atoms with van der Waals surface area (Å²) in [5.74, 6) is 4.44. The fourth-order valence-corrected chi connectivity index (χ4v) is 0. The number of hydrogen-bond acceptors (Lipinski definition) is 2. The van der Waals surface area contributed by atoms with Gasteiger partial charge >= 0.3 is 5.37 Å². The summed E-state index contributed by atoms with van der Waals surface area (Å²) in [6, 6.07) is 0. The number of carbonyl (C=O) groups excluding carboxylic acids is 1. The van der Waals surface area contributed by atoms with Crippen molar-refractivity contribution in [2.45, 2.75) is 0 Å². The Morgan fingerprint density at radius 3 is 2.20 bits per heavy atom. The van der Waals surface area contributed by atoms with Crippen LogP contribution < -0.4 is 11.3 Å². The minimum Gasteiger partial charge on any atom is -0.281 e. The van der Waals surface area contributed by atoms with Crippen molar-refractivity contribution >= 4 is 17.0 Å².